The third-order valence-electron chi connectivity index (χ3n) is 3.98. The number of likely N-dealkylation sites (tertiary alicyclic amines) is 1. The van der Waals surface area contributed by atoms with Crippen LogP contribution >= 0.6 is 11.6 Å². The molecule has 2 N–H and O–H groups in total. The van der Waals surface area contributed by atoms with Crippen molar-refractivity contribution in [2.75, 3.05) is 13.1 Å². The van der Waals surface area contributed by atoms with Gasteiger partial charge in [0, 0.05) is 29.8 Å². The van der Waals surface area contributed by atoms with Crippen molar-refractivity contribution < 1.29 is 9.59 Å². The maximum absolute atomic E-state index is 12.3. The van der Waals surface area contributed by atoms with Crippen LogP contribution in [0, 0.1) is 5.92 Å². The van der Waals surface area contributed by atoms with E-state index in [1.165, 1.54) is 0 Å². The molecule has 1 aromatic heterocycles. The standard InChI is InChI=1S/C15H16ClN3O2/c16-12-2-1-10-3-5-18(13(10)7-12)9-14(20)19-6-4-11(8-19)15(17)21/h1-3,5,7,11H,4,6,8-9H2,(H2,17,21)/t11-/m0/s1. The van der Waals surface area contributed by atoms with Gasteiger partial charge in [-0.05, 0) is 30.0 Å². The lowest BCUT2D eigenvalue weighted by Gasteiger charge is -2.16. The Kier molecular flexibility index (Phi) is 3.59. The molecule has 1 saturated heterocycles. The number of fused-ring (bicyclic) bond motifs is 1. The number of nitrogens with two attached hydrogens (primary N) is 1. The first-order chi connectivity index (χ1) is 10.0. The summed E-state index contributed by atoms with van der Waals surface area (Å²) in [6.07, 6.45) is 2.53. The van der Waals surface area contributed by atoms with Crippen molar-refractivity contribution in [3.63, 3.8) is 0 Å². The molecule has 1 aromatic carbocycles. The summed E-state index contributed by atoms with van der Waals surface area (Å²) >= 11 is 6.01. The third-order valence-corrected chi connectivity index (χ3v) is 4.22. The fraction of sp³-hybridized carbons (Fsp3) is 0.333. The molecular formula is C15H16ClN3O2. The molecule has 0 saturated carbocycles. The minimum atomic E-state index is -0.330. The van der Waals surface area contributed by atoms with Gasteiger partial charge in [0.15, 0.2) is 0 Å². The number of nitrogens with zero attached hydrogens (tertiary/aromatic N) is 2. The molecule has 0 aliphatic carbocycles. The normalized spacial score (nSPS) is 18.3. The van der Waals surface area contributed by atoms with Crippen LogP contribution in [-0.2, 0) is 16.1 Å². The summed E-state index contributed by atoms with van der Waals surface area (Å²) in [5.74, 6) is -0.551. The van der Waals surface area contributed by atoms with Gasteiger partial charge in [0.1, 0.15) is 6.54 Å². The summed E-state index contributed by atoms with van der Waals surface area (Å²) in [6, 6.07) is 7.56. The second-order valence-corrected chi connectivity index (χ2v) is 5.81. The predicted molar refractivity (Wildman–Crippen MR) is 80.8 cm³/mol. The molecule has 1 atom stereocenters. The molecule has 1 fully saturated rings. The SMILES string of the molecule is NC(=O)[C@H]1CCN(C(=O)Cn2ccc3ccc(Cl)cc32)C1. The highest BCUT2D eigenvalue weighted by atomic mass is 35.5. The lowest BCUT2D eigenvalue weighted by atomic mass is 10.1. The Balaban J connectivity index is 1.75. The zero-order chi connectivity index (χ0) is 15.0. The van der Waals surface area contributed by atoms with Gasteiger partial charge < -0.3 is 15.2 Å². The van der Waals surface area contributed by atoms with Gasteiger partial charge in [-0.25, -0.2) is 0 Å². The van der Waals surface area contributed by atoms with Gasteiger partial charge in [0.05, 0.1) is 5.92 Å². The van der Waals surface area contributed by atoms with Crippen molar-refractivity contribution in [3.05, 3.63) is 35.5 Å². The van der Waals surface area contributed by atoms with Crippen LogP contribution in [-0.4, -0.2) is 34.4 Å². The average Bonchev–Trinajstić information content (AvgIpc) is 3.06. The Morgan fingerprint density at radius 2 is 2.14 bits per heavy atom. The van der Waals surface area contributed by atoms with E-state index in [0.717, 1.165) is 10.9 Å². The molecule has 2 heterocycles. The van der Waals surface area contributed by atoms with Crippen molar-refractivity contribution in [3.8, 4) is 0 Å². The molecule has 5 nitrogen and oxygen atoms in total. The van der Waals surface area contributed by atoms with Gasteiger partial charge in [-0.1, -0.05) is 17.7 Å². The zero-order valence-corrected chi connectivity index (χ0v) is 12.2. The Labute approximate surface area is 127 Å². The second-order valence-electron chi connectivity index (χ2n) is 5.37. The van der Waals surface area contributed by atoms with E-state index < -0.39 is 0 Å². The van der Waals surface area contributed by atoms with Crippen LogP contribution in [0.2, 0.25) is 5.02 Å². The smallest absolute Gasteiger partial charge is 0.242 e. The molecule has 110 valence electrons. The van der Waals surface area contributed by atoms with Crippen molar-refractivity contribution in [2.45, 2.75) is 13.0 Å². The Morgan fingerprint density at radius 3 is 2.86 bits per heavy atom. The average molecular weight is 306 g/mol. The van der Waals surface area contributed by atoms with Crippen LogP contribution in [0.4, 0.5) is 0 Å². The Bertz CT molecular complexity index is 710. The van der Waals surface area contributed by atoms with Crippen LogP contribution in [0.3, 0.4) is 0 Å². The number of hydrogen-bond donors (Lipinski definition) is 1. The molecule has 1 aliphatic heterocycles. The number of benzene rings is 1. The Hall–Kier alpha value is -2.01. The van der Waals surface area contributed by atoms with Crippen LogP contribution < -0.4 is 5.73 Å². The molecule has 2 amide bonds. The van der Waals surface area contributed by atoms with Gasteiger partial charge in [-0.3, -0.25) is 9.59 Å². The number of amides is 2. The first kappa shape index (κ1) is 13.9. The molecule has 0 radical (unpaired) electrons. The van der Waals surface area contributed by atoms with E-state index in [4.69, 9.17) is 17.3 Å². The highest BCUT2D eigenvalue weighted by Gasteiger charge is 2.29. The maximum atomic E-state index is 12.3. The first-order valence-electron chi connectivity index (χ1n) is 6.86. The van der Waals surface area contributed by atoms with Crippen LogP contribution in [0.1, 0.15) is 6.42 Å². The van der Waals surface area contributed by atoms with Gasteiger partial charge >= 0.3 is 0 Å². The molecule has 1 aliphatic rings. The van der Waals surface area contributed by atoms with E-state index in [1.54, 1.807) is 4.90 Å². The summed E-state index contributed by atoms with van der Waals surface area (Å²) in [6.45, 7) is 1.26. The minimum absolute atomic E-state index is 0.00349. The summed E-state index contributed by atoms with van der Waals surface area (Å²) in [5.41, 5.74) is 6.22. The van der Waals surface area contributed by atoms with Crippen molar-refractivity contribution in [1.82, 2.24) is 9.47 Å². The quantitative estimate of drug-likeness (QED) is 0.936. The topological polar surface area (TPSA) is 68.3 Å². The van der Waals surface area contributed by atoms with E-state index in [9.17, 15) is 9.59 Å². The highest BCUT2D eigenvalue weighted by molar-refractivity contribution is 6.31. The van der Waals surface area contributed by atoms with Gasteiger partial charge in [-0.15, -0.1) is 0 Å². The van der Waals surface area contributed by atoms with Gasteiger partial charge in [0.2, 0.25) is 11.8 Å². The summed E-state index contributed by atoms with van der Waals surface area (Å²) in [4.78, 5) is 25.2. The van der Waals surface area contributed by atoms with E-state index in [1.807, 2.05) is 35.0 Å². The van der Waals surface area contributed by atoms with E-state index in [-0.39, 0.29) is 24.3 Å². The van der Waals surface area contributed by atoms with Crippen LogP contribution in [0.25, 0.3) is 10.9 Å². The van der Waals surface area contributed by atoms with E-state index in [0.29, 0.717) is 24.5 Å². The van der Waals surface area contributed by atoms with Gasteiger partial charge in [-0.2, -0.15) is 0 Å². The summed E-state index contributed by atoms with van der Waals surface area (Å²) in [7, 11) is 0. The Morgan fingerprint density at radius 1 is 1.33 bits per heavy atom. The highest BCUT2D eigenvalue weighted by Crippen LogP contribution is 2.21. The first-order valence-corrected chi connectivity index (χ1v) is 7.24. The summed E-state index contributed by atoms with van der Waals surface area (Å²) in [5, 5.41) is 1.69. The number of rotatable bonds is 3. The molecule has 21 heavy (non-hydrogen) atoms. The molecule has 0 unspecified atom stereocenters. The molecule has 3 rings (SSSR count). The third kappa shape index (κ3) is 2.74. The predicted octanol–water partition coefficient (Wildman–Crippen LogP) is 1.63. The molecule has 2 aromatic rings. The van der Waals surface area contributed by atoms with Crippen LogP contribution in [0.15, 0.2) is 30.5 Å². The molecule has 0 bridgehead atoms. The van der Waals surface area contributed by atoms with Crippen LogP contribution in [0.5, 0.6) is 0 Å². The summed E-state index contributed by atoms with van der Waals surface area (Å²) < 4.78 is 1.88. The zero-order valence-electron chi connectivity index (χ0n) is 11.5. The number of aromatic nitrogens is 1. The number of primary amides is 1. The molecular weight excluding hydrogens is 290 g/mol. The second kappa shape index (κ2) is 5.41. The maximum Gasteiger partial charge on any atom is 0.242 e. The lowest BCUT2D eigenvalue weighted by Crippen LogP contribution is -2.33. The van der Waals surface area contributed by atoms with Crippen molar-refractivity contribution in [1.29, 1.82) is 0 Å². The largest absolute Gasteiger partial charge is 0.369 e. The number of carbonyl (C=O) groups is 2. The van der Waals surface area contributed by atoms with E-state index in [2.05, 4.69) is 0 Å². The fourth-order valence-electron chi connectivity index (χ4n) is 2.76. The number of carbonyl (C=O) groups excluding carboxylic acids is 2. The molecule has 0 spiro atoms. The minimum Gasteiger partial charge on any atom is -0.369 e. The molecule has 6 heteroatoms. The number of hydrogen-bond acceptors (Lipinski definition) is 2. The fourth-order valence-corrected chi connectivity index (χ4v) is 2.93. The monoisotopic (exact) mass is 305 g/mol. The lowest BCUT2D eigenvalue weighted by molar-refractivity contribution is -0.131. The van der Waals surface area contributed by atoms with Crippen molar-refractivity contribution >= 4 is 34.3 Å². The van der Waals surface area contributed by atoms with E-state index >= 15 is 0 Å². The van der Waals surface area contributed by atoms with Crippen molar-refractivity contribution in [2.24, 2.45) is 11.7 Å². The van der Waals surface area contributed by atoms with Gasteiger partial charge in [0.25, 0.3) is 0 Å². The number of halogens is 1.